The van der Waals surface area contributed by atoms with Gasteiger partial charge in [0.05, 0.1) is 32.9 Å². The summed E-state index contributed by atoms with van der Waals surface area (Å²) in [5.74, 6) is 0.729. The lowest BCUT2D eigenvalue weighted by Gasteiger charge is -2.35. The first-order valence-corrected chi connectivity index (χ1v) is 7.21. The molecule has 0 saturated carbocycles. The maximum absolute atomic E-state index is 5.98. The van der Waals surface area contributed by atoms with Crippen molar-refractivity contribution in [2.75, 3.05) is 46.1 Å². The van der Waals surface area contributed by atoms with Crippen molar-refractivity contribution in [3.8, 4) is 5.75 Å². The van der Waals surface area contributed by atoms with Gasteiger partial charge in [0.15, 0.2) is 0 Å². The van der Waals surface area contributed by atoms with Gasteiger partial charge in [0.1, 0.15) is 12.3 Å². The molecule has 1 aromatic rings. The van der Waals surface area contributed by atoms with Gasteiger partial charge in [-0.3, -0.25) is 0 Å². The summed E-state index contributed by atoms with van der Waals surface area (Å²) in [4.78, 5) is 0. The average molecular weight is 426 g/mol. The zero-order chi connectivity index (χ0) is 15.0. The second kappa shape index (κ2) is 16.3. The second-order valence-corrected chi connectivity index (χ2v) is 5.59. The number of anilines is 1. The highest BCUT2D eigenvalue weighted by Crippen LogP contribution is 2.24. The van der Waals surface area contributed by atoms with Gasteiger partial charge >= 0.3 is 0 Å². The minimum absolute atomic E-state index is 0. The number of methoxy groups -OCH3 is 1. The smallest absolute Gasteiger partial charge is 0.141 e. The Bertz CT molecular complexity index is 416. The van der Waals surface area contributed by atoms with E-state index in [0.29, 0.717) is 5.69 Å². The topological polar surface area (TPSA) is 87.3 Å². The lowest BCUT2D eigenvalue weighted by atomic mass is 10.1. The number of hydrogen-bond acceptors (Lipinski definition) is 4. The fourth-order valence-electron chi connectivity index (χ4n) is 2.54. The van der Waals surface area contributed by atoms with Crippen molar-refractivity contribution in [2.24, 2.45) is 11.5 Å². The molecule has 0 fully saturated rings. The van der Waals surface area contributed by atoms with Gasteiger partial charge in [0.2, 0.25) is 0 Å². The molecule has 5 nitrogen and oxygen atoms in total. The van der Waals surface area contributed by atoms with E-state index in [2.05, 4.69) is 13.1 Å². The Balaban J connectivity index is -0.000000500. The van der Waals surface area contributed by atoms with Gasteiger partial charge in [0.25, 0.3) is 0 Å². The summed E-state index contributed by atoms with van der Waals surface area (Å²) >= 11 is 0. The lowest BCUT2D eigenvalue weighted by Crippen LogP contribution is -3.00. The SMILES string of the molecule is COc1ccc(C[N+](C)(CCCN)CCCN)cc1N.Cl.Cl.Cl.[Cl-]. The molecule has 1 aromatic carbocycles. The quantitative estimate of drug-likeness (QED) is 0.356. The third kappa shape index (κ3) is 10.7. The highest BCUT2D eigenvalue weighted by Gasteiger charge is 2.21. The zero-order valence-corrected chi connectivity index (χ0v) is 17.6. The predicted molar refractivity (Wildman–Crippen MR) is 106 cm³/mol. The third-order valence-electron chi connectivity index (χ3n) is 3.66. The van der Waals surface area contributed by atoms with Crippen LogP contribution in [-0.2, 0) is 6.54 Å². The predicted octanol–water partition coefficient (Wildman–Crippen LogP) is -0.809. The Labute approximate surface area is 170 Å². The third-order valence-corrected chi connectivity index (χ3v) is 3.66. The maximum Gasteiger partial charge on any atom is 0.141 e. The van der Waals surface area contributed by atoms with Crippen molar-refractivity contribution >= 4 is 42.9 Å². The van der Waals surface area contributed by atoms with Crippen LogP contribution in [0.15, 0.2) is 18.2 Å². The van der Waals surface area contributed by atoms with Gasteiger partial charge in [0, 0.05) is 18.4 Å². The lowest BCUT2D eigenvalue weighted by molar-refractivity contribution is -0.922. The van der Waals surface area contributed by atoms with Gasteiger partial charge < -0.3 is 38.8 Å². The van der Waals surface area contributed by atoms with Crippen LogP contribution in [0.2, 0.25) is 0 Å². The number of halogens is 4. The molecule has 9 heteroatoms. The molecule has 0 spiro atoms. The molecular weight excluding hydrogens is 394 g/mol. The highest BCUT2D eigenvalue weighted by molar-refractivity contribution is 5.86. The summed E-state index contributed by atoms with van der Waals surface area (Å²) in [6.45, 7) is 4.50. The first-order valence-electron chi connectivity index (χ1n) is 7.21. The molecule has 0 saturated heterocycles. The number of nitrogen functional groups attached to an aromatic ring is 1. The molecule has 0 aliphatic heterocycles. The van der Waals surface area contributed by atoms with E-state index in [-0.39, 0.29) is 49.6 Å². The summed E-state index contributed by atoms with van der Waals surface area (Å²) in [6, 6.07) is 6.01. The zero-order valence-electron chi connectivity index (χ0n) is 14.4. The highest BCUT2D eigenvalue weighted by atomic mass is 35.5. The van der Waals surface area contributed by atoms with Gasteiger partial charge in [-0.2, -0.15) is 0 Å². The number of nitrogens with zero attached hydrogens (tertiary/aromatic N) is 1. The van der Waals surface area contributed by atoms with Gasteiger partial charge in [-0.25, -0.2) is 0 Å². The number of benzene rings is 1. The Morgan fingerprint density at radius 2 is 1.50 bits per heavy atom. The number of rotatable bonds is 9. The molecule has 0 amide bonds. The van der Waals surface area contributed by atoms with E-state index < -0.39 is 0 Å². The summed E-state index contributed by atoms with van der Waals surface area (Å²) in [5.41, 5.74) is 19.2. The van der Waals surface area contributed by atoms with E-state index in [9.17, 15) is 0 Å². The van der Waals surface area contributed by atoms with Crippen molar-refractivity contribution in [1.29, 1.82) is 0 Å². The van der Waals surface area contributed by atoms with Crippen molar-refractivity contribution in [3.05, 3.63) is 23.8 Å². The molecule has 0 aliphatic carbocycles. The maximum atomic E-state index is 5.98. The largest absolute Gasteiger partial charge is 1.00 e. The molecule has 146 valence electrons. The monoisotopic (exact) mass is 424 g/mol. The average Bonchev–Trinajstić information content (AvgIpc) is 2.43. The van der Waals surface area contributed by atoms with E-state index >= 15 is 0 Å². The molecule has 0 unspecified atom stereocenters. The van der Waals surface area contributed by atoms with E-state index in [0.717, 1.165) is 55.8 Å². The molecule has 0 heterocycles. The normalized spacial score (nSPS) is 9.67. The Hall–Kier alpha value is -0.140. The molecule has 0 radical (unpaired) electrons. The Morgan fingerprint density at radius 1 is 1.00 bits per heavy atom. The van der Waals surface area contributed by atoms with Crippen LogP contribution >= 0.6 is 37.2 Å². The molecule has 0 atom stereocenters. The van der Waals surface area contributed by atoms with Crippen LogP contribution in [0.1, 0.15) is 18.4 Å². The number of quaternary nitrogens is 1. The fourth-order valence-corrected chi connectivity index (χ4v) is 2.54. The molecule has 0 aromatic heterocycles. The molecular formula is C15H32Cl4N4O. The van der Waals surface area contributed by atoms with Crippen molar-refractivity contribution in [3.63, 3.8) is 0 Å². The van der Waals surface area contributed by atoms with E-state index in [1.807, 2.05) is 12.1 Å². The Kier molecular flexibility index (Phi) is 21.5. The van der Waals surface area contributed by atoms with Crippen molar-refractivity contribution < 1.29 is 21.6 Å². The van der Waals surface area contributed by atoms with Crippen LogP contribution in [0.5, 0.6) is 5.75 Å². The summed E-state index contributed by atoms with van der Waals surface area (Å²) in [7, 11) is 3.89. The van der Waals surface area contributed by atoms with Crippen LogP contribution in [0, 0.1) is 0 Å². The summed E-state index contributed by atoms with van der Waals surface area (Å²) in [6.07, 6.45) is 2.04. The first-order chi connectivity index (χ1) is 9.54. The van der Waals surface area contributed by atoms with Crippen LogP contribution in [0.3, 0.4) is 0 Å². The van der Waals surface area contributed by atoms with Crippen molar-refractivity contribution in [2.45, 2.75) is 19.4 Å². The summed E-state index contributed by atoms with van der Waals surface area (Å²) in [5, 5.41) is 0. The van der Waals surface area contributed by atoms with Crippen LogP contribution in [0.25, 0.3) is 0 Å². The van der Waals surface area contributed by atoms with Gasteiger partial charge in [-0.1, -0.05) is 0 Å². The van der Waals surface area contributed by atoms with Crippen LogP contribution in [-0.4, -0.2) is 44.8 Å². The number of ether oxygens (including phenoxy) is 1. The molecule has 24 heavy (non-hydrogen) atoms. The molecule has 0 bridgehead atoms. The van der Waals surface area contributed by atoms with Gasteiger partial charge in [-0.05, 0) is 31.3 Å². The van der Waals surface area contributed by atoms with Crippen molar-refractivity contribution in [1.82, 2.24) is 0 Å². The van der Waals surface area contributed by atoms with Gasteiger partial charge in [-0.15, -0.1) is 37.2 Å². The second-order valence-electron chi connectivity index (χ2n) is 5.59. The van der Waals surface area contributed by atoms with E-state index in [1.165, 1.54) is 5.56 Å². The van der Waals surface area contributed by atoms with E-state index in [1.54, 1.807) is 7.11 Å². The Morgan fingerprint density at radius 3 is 1.88 bits per heavy atom. The summed E-state index contributed by atoms with van der Waals surface area (Å²) < 4.78 is 6.14. The van der Waals surface area contributed by atoms with E-state index in [4.69, 9.17) is 21.9 Å². The number of nitrogens with two attached hydrogens (primary N) is 3. The fraction of sp³-hybridized carbons (Fsp3) is 0.600. The minimum Gasteiger partial charge on any atom is -1.00 e. The standard InChI is InChI=1S/C15H29N4O.4ClH/c1-19(9-3-7-16,10-4-8-17)12-13-5-6-15(20-2)14(18)11-13;;;;/h5-6,11H,3-4,7-10,12,16-18H2,1-2H3;4*1H/q+1;;;;/p-1. The first kappa shape index (κ1) is 31.6. The number of hydrogen-bond donors (Lipinski definition) is 3. The molecule has 6 N–H and O–H groups in total. The molecule has 0 aliphatic rings. The van der Waals surface area contributed by atoms with Crippen LogP contribution in [0.4, 0.5) is 5.69 Å². The minimum atomic E-state index is 0. The van der Waals surface area contributed by atoms with Crippen LogP contribution < -0.4 is 34.3 Å². The molecule has 1 rings (SSSR count).